The Morgan fingerprint density at radius 3 is 2.59 bits per heavy atom. The predicted molar refractivity (Wildman–Crippen MR) is 67.3 cm³/mol. The molecule has 17 heavy (non-hydrogen) atoms. The van der Waals surface area contributed by atoms with Crippen molar-refractivity contribution >= 4 is 17.4 Å². The number of halogens is 1. The number of nitrogens with two attached hydrogens (primary N) is 1. The first-order valence-electron chi connectivity index (χ1n) is 5.24. The molecule has 0 fully saturated rings. The van der Waals surface area contributed by atoms with Gasteiger partial charge in [-0.3, -0.25) is 0 Å². The molecule has 0 unspecified atom stereocenters. The first-order chi connectivity index (χ1) is 8.17. The van der Waals surface area contributed by atoms with Crippen molar-refractivity contribution in [2.75, 3.05) is 5.73 Å². The fourth-order valence-corrected chi connectivity index (χ4v) is 1.45. The lowest BCUT2D eigenvalue weighted by molar-refractivity contribution is 0.459. The molecule has 5 heteroatoms. The number of hydrogen-bond acceptors (Lipinski definition) is 4. The summed E-state index contributed by atoms with van der Waals surface area (Å²) in [6, 6.07) is 8.64. The number of benzene rings is 1. The summed E-state index contributed by atoms with van der Waals surface area (Å²) < 4.78 is 5.57. The van der Waals surface area contributed by atoms with Gasteiger partial charge in [0.1, 0.15) is 17.4 Å². The number of aromatic nitrogens is 2. The zero-order valence-electron chi connectivity index (χ0n) is 9.35. The van der Waals surface area contributed by atoms with Gasteiger partial charge in [-0.2, -0.15) is 4.98 Å². The van der Waals surface area contributed by atoms with Crippen LogP contribution in [0.15, 0.2) is 30.3 Å². The minimum absolute atomic E-state index is 0.404. The molecule has 0 bridgehead atoms. The maximum atomic E-state index is 5.79. The van der Waals surface area contributed by atoms with E-state index in [9.17, 15) is 0 Å². The number of hydrogen-bond donors (Lipinski definition) is 1. The van der Waals surface area contributed by atoms with Crippen LogP contribution in [0.25, 0.3) is 0 Å². The molecule has 0 radical (unpaired) electrons. The maximum Gasteiger partial charge on any atom is 0.224 e. The summed E-state index contributed by atoms with van der Waals surface area (Å²) >= 11 is 5.79. The smallest absolute Gasteiger partial charge is 0.224 e. The third kappa shape index (κ3) is 3.07. The summed E-state index contributed by atoms with van der Waals surface area (Å²) in [4.78, 5) is 8.30. The monoisotopic (exact) mass is 249 g/mol. The number of aryl methyl sites for hydroxylation is 1. The molecule has 2 rings (SSSR count). The molecule has 1 aromatic heterocycles. The van der Waals surface area contributed by atoms with Gasteiger partial charge < -0.3 is 10.5 Å². The van der Waals surface area contributed by atoms with E-state index in [2.05, 4.69) is 9.97 Å². The number of rotatable bonds is 3. The highest BCUT2D eigenvalue weighted by molar-refractivity contribution is 6.30. The fraction of sp³-hybridized carbons (Fsp3) is 0.167. The molecule has 2 aromatic rings. The van der Waals surface area contributed by atoms with Gasteiger partial charge in [-0.25, -0.2) is 4.98 Å². The average Bonchev–Trinajstić information content (AvgIpc) is 2.31. The number of anilines is 1. The van der Waals surface area contributed by atoms with Gasteiger partial charge in [-0.15, -0.1) is 0 Å². The molecule has 0 saturated carbocycles. The third-order valence-electron chi connectivity index (χ3n) is 2.12. The SMILES string of the molecule is CCc1nc(N)cc(Oc2ccc(Cl)cc2)n1. The van der Waals surface area contributed by atoms with Crippen LogP contribution >= 0.6 is 11.6 Å². The quantitative estimate of drug-likeness (QED) is 0.908. The van der Waals surface area contributed by atoms with E-state index in [1.807, 2.05) is 6.92 Å². The van der Waals surface area contributed by atoms with Gasteiger partial charge in [-0.1, -0.05) is 18.5 Å². The number of nitrogens with zero attached hydrogens (tertiary/aromatic N) is 2. The molecular weight excluding hydrogens is 238 g/mol. The summed E-state index contributed by atoms with van der Waals surface area (Å²) in [6.45, 7) is 1.96. The van der Waals surface area contributed by atoms with E-state index in [-0.39, 0.29) is 0 Å². The van der Waals surface area contributed by atoms with Gasteiger partial charge in [0, 0.05) is 17.5 Å². The van der Waals surface area contributed by atoms with Crippen LogP contribution in [-0.4, -0.2) is 9.97 Å². The van der Waals surface area contributed by atoms with Crippen molar-refractivity contribution in [2.24, 2.45) is 0 Å². The van der Waals surface area contributed by atoms with Crippen molar-refractivity contribution in [1.82, 2.24) is 9.97 Å². The Morgan fingerprint density at radius 1 is 1.24 bits per heavy atom. The van der Waals surface area contributed by atoms with Crippen LogP contribution in [0.3, 0.4) is 0 Å². The molecule has 4 nitrogen and oxygen atoms in total. The van der Waals surface area contributed by atoms with E-state index in [1.54, 1.807) is 30.3 Å². The summed E-state index contributed by atoms with van der Waals surface area (Å²) in [5, 5.41) is 0.661. The minimum atomic E-state index is 0.404. The molecule has 0 aliphatic carbocycles. The molecule has 0 saturated heterocycles. The average molecular weight is 250 g/mol. The Bertz CT molecular complexity index is 514. The van der Waals surface area contributed by atoms with Gasteiger partial charge in [-0.05, 0) is 24.3 Å². The minimum Gasteiger partial charge on any atom is -0.439 e. The van der Waals surface area contributed by atoms with Gasteiger partial charge in [0.15, 0.2) is 0 Å². The van der Waals surface area contributed by atoms with E-state index in [4.69, 9.17) is 22.1 Å². The lowest BCUT2D eigenvalue weighted by Crippen LogP contribution is -2.00. The van der Waals surface area contributed by atoms with Crippen LogP contribution in [0, 0.1) is 0 Å². The molecule has 0 amide bonds. The largest absolute Gasteiger partial charge is 0.439 e. The standard InChI is InChI=1S/C12H12ClN3O/c1-2-11-15-10(14)7-12(16-11)17-9-5-3-8(13)4-6-9/h3-7H,2H2,1H3,(H2,14,15,16). The molecular formula is C12H12ClN3O. The summed E-state index contributed by atoms with van der Waals surface area (Å²) in [5.74, 6) is 2.17. The highest BCUT2D eigenvalue weighted by Gasteiger charge is 2.03. The Kier molecular flexibility index (Phi) is 3.44. The maximum absolute atomic E-state index is 5.79. The van der Waals surface area contributed by atoms with Crippen molar-refractivity contribution in [2.45, 2.75) is 13.3 Å². The third-order valence-corrected chi connectivity index (χ3v) is 2.37. The van der Waals surface area contributed by atoms with E-state index in [0.717, 1.165) is 0 Å². The van der Waals surface area contributed by atoms with Crippen LogP contribution in [-0.2, 0) is 6.42 Å². The second-order valence-electron chi connectivity index (χ2n) is 3.46. The normalized spacial score (nSPS) is 10.2. The van der Waals surface area contributed by atoms with Crippen LogP contribution < -0.4 is 10.5 Å². The lowest BCUT2D eigenvalue weighted by Gasteiger charge is -2.06. The zero-order valence-corrected chi connectivity index (χ0v) is 10.1. The van der Waals surface area contributed by atoms with Crippen molar-refractivity contribution in [3.8, 4) is 11.6 Å². The van der Waals surface area contributed by atoms with Crippen LogP contribution in [0.4, 0.5) is 5.82 Å². The highest BCUT2D eigenvalue weighted by atomic mass is 35.5. The van der Waals surface area contributed by atoms with Crippen LogP contribution in [0.2, 0.25) is 5.02 Å². The first kappa shape index (κ1) is 11.7. The summed E-state index contributed by atoms with van der Waals surface area (Å²) in [5.41, 5.74) is 5.66. The molecule has 2 N–H and O–H groups in total. The van der Waals surface area contributed by atoms with Crippen LogP contribution in [0.5, 0.6) is 11.6 Å². The molecule has 0 aliphatic rings. The van der Waals surface area contributed by atoms with Crippen molar-refractivity contribution in [3.63, 3.8) is 0 Å². The molecule has 0 spiro atoms. The van der Waals surface area contributed by atoms with Crippen molar-refractivity contribution in [1.29, 1.82) is 0 Å². The fourth-order valence-electron chi connectivity index (χ4n) is 1.33. The van der Waals surface area contributed by atoms with Gasteiger partial charge >= 0.3 is 0 Å². The van der Waals surface area contributed by atoms with E-state index in [1.165, 1.54) is 0 Å². The first-order valence-corrected chi connectivity index (χ1v) is 5.62. The Morgan fingerprint density at radius 2 is 1.94 bits per heavy atom. The Balaban J connectivity index is 2.23. The molecule has 1 heterocycles. The Hall–Kier alpha value is -1.81. The van der Waals surface area contributed by atoms with Gasteiger partial charge in [0.05, 0.1) is 0 Å². The molecule has 88 valence electrons. The topological polar surface area (TPSA) is 61.0 Å². The lowest BCUT2D eigenvalue weighted by atomic mass is 10.3. The Labute approximate surface area is 104 Å². The van der Waals surface area contributed by atoms with E-state index in [0.29, 0.717) is 34.7 Å². The molecule has 0 atom stereocenters. The summed E-state index contributed by atoms with van der Waals surface area (Å²) in [7, 11) is 0. The number of ether oxygens (including phenoxy) is 1. The summed E-state index contributed by atoms with van der Waals surface area (Å²) in [6.07, 6.45) is 0.710. The number of nitrogen functional groups attached to an aromatic ring is 1. The van der Waals surface area contributed by atoms with Gasteiger partial charge in [0.2, 0.25) is 5.88 Å². The van der Waals surface area contributed by atoms with Crippen LogP contribution in [0.1, 0.15) is 12.7 Å². The highest BCUT2D eigenvalue weighted by Crippen LogP contribution is 2.22. The molecule has 0 aliphatic heterocycles. The second-order valence-corrected chi connectivity index (χ2v) is 3.89. The second kappa shape index (κ2) is 5.01. The van der Waals surface area contributed by atoms with Crippen molar-refractivity contribution in [3.05, 3.63) is 41.2 Å². The van der Waals surface area contributed by atoms with E-state index < -0.39 is 0 Å². The predicted octanol–water partition coefficient (Wildman–Crippen LogP) is 3.07. The van der Waals surface area contributed by atoms with Gasteiger partial charge in [0.25, 0.3) is 0 Å². The van der Waals surface area contributed by atoms with Crippen molar-refractivity contribution < 1.29 is 4.74 Å². The zero-order chi connectivity index (χ0) is 12.3. The van der Waals surface area contributed by atoms with E-state index >= 15 is 0 Å². The molecule has 1 aromatic carbocycles.